The molecule has 0 amide bonds. The maximum Gasteiger partial charge on any atom is -0.0253 e. The fraction of sp³-hybridized carbons (Fsp3) is 0.238. The van der Waals surface area contributed by atoms with E-state index in [-0.39, 0.29) is 30.2 Å². The van der Waals surface area contributed by atoms with E-state index < -0.39 is 0 Å². The van der Waals surface area contributed by atoms with Gasteiger partial charge in [-0.15, -0.1) is 5.56 Å². The first-order chi connectivity index (χ1) is 11.0. The smallest absolute Gasteiger partial charge is 0.0253 e. The van der Waals surface area contributed by atoms with Crippen LogP contribution in [0.2, 0.25) is 13.1 Å². The van der Waals surface area contributed by atoms with Crippen LogP contribution in [0.5, 0.6) is 0 Å². The van der Waals surface area contributed by atoms with Crippen LogP contribution >= 0.6 is 0 Å². The van der Waals surface area contributed by atoms with Gasteiger partial charge in [0.2, 0.25) is 0 Å². The summed E-state index contributed by atoms with van der Waals surface area (Å²) in [5.74, 6) is 0. The molecule has 0 N–H and O–H groups in total. The van der Waals surface area contributed by atoms with Crippen LogP contribution in [0.4, 0.5) is 0 Å². The quantitative estimate of drug-likeness (QED) is 0.265. The number of fused-ring (bicyclic) bond motifs is 3. The average Bonchev–Trinajstić information content (AvgIpc) is 2.86. The summed E-state index contributed by atoms with van der Waals surface area (Å²) in [6, 6.07) is 18.1. The molecule has 3 rings (SSSR count). The third kappa shape index (κ3) is 10.4. The minimum Gasteiger partial charge on any atom is -1.00 e. The zero-order valence-electron chi connectivity index (χ0n) is 15.2. The van der Waals surface area contributed by atoms with Crippen LogP contribution in [0.15, 0.2) is 60.2 Å². The normalized spacial score (nSPS) is 9.84. The van der Waals surface area contributed by atoms with Gasteiger partial charge in [-0.3, -0.25) is 6.58 Å². The molecule has 25 heavy (non-hydrogen) atoms. The van der Waals surface area contributed by atoms with Crippen molar-refractivity contribution in [3.8, 4) is 11.1 Å². The van der Waals surface area contributed by atoms with Gasteiger partial charge in [-0.05, 0) is 6.42 Å². The van der Waals surface area contributed by atoms with Gasteiger partial charge >= 0.3 is 41.9 Å². The van der Waals surface area contributed by atoms with Gasteiger partial charge in [-0.1, -0.05) is 49.2 Å². The fourth-order valence-corrected chi connectivity index (χ4v) is 2.26. The first-order valence-corrected chi connectivity index (χ1v) is 14.0. The molecule has 2 aromatic rings. The summed E-state index contributed by atoms with van der Waals surface area (Å²) in [5.41, 5.74) is 6.58. The molecule has 0 saturated carbocycles. The first kappa shape index (κ1) is 26.8. The molecule has 0 spiro atoms. The summed E-state index contributed by atoms with van der Waals surface area (Å²) >= 11 is 1.74. The zero-order chi connectivity index (χ0) is 17.2. The van der Waals surface area contributed by atoms with Crippen LogP contribution in [0.3, 0.4) is 0 Å². The van der Waals surface area contributed by atoms with Crippen LogP contribution in [-0.2, 0) is 29.8 Å². The number of allylic oxidation sites excluding steroid dienone is 3. The molecule has 2 aromatic carbocycles. The van der Waals surface area contributed by atoms with Gasteiger partial charge in [0.25, 0.3) is 0 Å². The molecule has 0 nitrogen and oxygen atoms in total. The molecule has 0 atom stereocenters. The Morgan fingerprint density at radius 3 is 2.20 bits per heavy atom. The second kappa shape index (κ2) is 14.7. The second-order valence-corrected chi connectivity index (χ2v) is 15.0. The average molecular weight is 467 g/mol. The summed E-state index contributed by atoms with van der Waals surface area (Å²) in [6.07, 6.45) is 4.82. The van der Waals surface area contributed by atoms with E-state index in [4.69, 9.17) is 6.58 Å². The molecule has 1 aliphatic rings. The number of hydrogen-bond donors (Lipinski definition) is 0. The van der Waals surface area contributed by atoms with Gasteiger partial charge < -0.3 is 24.8 Å². The third-order valence-corrected chi connectivity index (χ3v) is 3.05. The maximum absolute atomic E-state index is 5.23. The van der Waals surface area contributed by atoms with Crippen molar-refractivity contribution in [3.05, 3.63) is 84.0 Å². The van der Waals surface area contributed by atoms with Crippen molar-refractivity contribution < 1.29 is 48.1 Å². The monoisotopic (exact) mass is 464 g/mol. The van der Waals surface area contributed by atoms with Crippen LogP contribution in [-0.4, -0.2) is 5.43 Å². The summed E-state index contributed by atoms with van der Waals surface area (Å²) in [7, 11) is 0. The first-order valence-electron chi connectivity index (χ1n) is 7.77. The standard InChI is InChI=1S/C13H9.C6H9.C2H6Si.2ClH.Zr/c1-3-7-12-10(5-1)9-11-6-2-4-8-13(11)12;1-4-5-6(2)3;1-3-2;;;/h1-5,7-8H,9H2;2,4-5H,1,3H3;1-2H3;2*1H;/q2*-1;;;;+2/p-2/b;5-4+;;;;. The van der Waals surface area contributed by atoms with Crippen LogP contribution in [0.25, 0.3) is 11.1 Å². The van der Waals surface area contributed by atoms with Crippen molar-refractivity contribution in [2.75, 3.05) is 0 Å². The summed E-state index contributed by atoms with van der Waals surface area (Å²) in [6.45, 7) is 13.7. The molecule has 0 heterocycles. The Labute approximate surface area is 181 Å². The molecular formula is C21H24Cl2SiZr-2. The summed E-state index contributed by atoms with van der Waals surface area (Å²) in [5, 5.41) is 0. The topological polar surface area (TPSA) is 0 Å². The Morgan fingerprint density at radius 1 is 1.12 bits per heavy atom. The van der Waals surface area contributed by atoms with Crippen molar-refractivity contribution in [2.24, 2.45) is 0 Å². The van der Waals surface area contributed by atoms with Crippen LogP contribution < -0.4 is 24.8 Å². The van der Waals surface area contributed by atoms with E-state index in [2.05, 4.69) is 55.6 Å². The second-order valence-electron chi connectivity index (χ2n) is 5.64. The van der Waals surface area contributed by atoms with E-state index in [1.54, 1.807) is 23.3 Å². The van der Waals surface area contributed by atoms with E-state index in [1.807, 2.05) is 32.1 Å². The van der Waals surface area contributed by atoms with Crippen molar-refractivity contribution in [1.29, 1.82) is 0 Å². The number of halogens is 2. The SMILES string of the molecule is C[Si](C)=[Zr+2].[CH-]=C(C)/C=C/C.[Cl-].[Cl-].[c-]1cccc2c1Cc1ccccc1-2. The molecule has 0 fully saturated rings. The Bertz CT molecular complexity index is 661. The Kier molecular flexibility index (Phi) is 15.8. The summed E-state index contributed by atoms with van der Waals surface area (Å²) < 4.78 is 0. The number of benzene rings is 2. The number of hydrogen-bond acceptors (Lipinski definition) is 0. The molecular weight excluding hydrogens is 442 g/mol. The summed E-state index contributed by atoms with van der Waals surface area (Å²) in [4.78, 5) is 0. The predicted molar refractivity (Wildman–Crippen MR) is 99.3 cm³/mol. The Hall–Kier alpha value is -0.400. The van der Waals surface area contributed by atoms with Crippen molar-refractivity contribution in [2.45, 2.75) is 33.4 Å². The maximum atomic E-state index is 5.23. The largest absolute Gasteiger partial charge is 1.00 e. The molecule has 0 radical (unpaired) electrons. The predicted octanol–water partition coefficient (Wildman–Crippen LogP) is -0.208. The van der Waals surface area contributed by atoms with Gasteiger partial charge in [0.05, 0.1) is 0 Å². The Morgan fingerprint density at radius 2 is 1.68 bits per heavy atom. The molecule has 1 aliphatic carbocycles. The molecule has 4 heteroatoms. The molecule has 132 valence electrons. The van der Waals surface area contributed by atoms with Gasteiger partial charge in [-0.25, -0.2) is 11.6 Å². The minimum atomic E-state index is 0. The van der Waals surface area contributed by atoms with E-state index >= 15 is 0 Å². The van der Waals surface area contributed by atoms with Crippen molar-refractivity contribution in [1.82, 2.24) is 0 Å². The van der Waals surface area contributed by atoms with Gasteiger partial charge in [-0.2, -0.15) is 35.9 Å². The van der Waals surface area contributed by atoms with Gasteiger partial charge in [0.1, 0.15) is 0 Å². The van der Waals surface area contributed by atoms with Crippen LogP contribution in [0, 0.1) is 12.6 Å². The minimum absolute atomic E-state index is 0. The molecule has 0 bridgehead atoms. The Balaban J connectivity index is 0. The van der Waals surface area contributed by atoms with Crippen molar-refractivity contribution >= 4 is 5.43 Å². The zero-order valence-corrected chi connectivity index (χ0v) is 20.2. The molecule has 0 unspecified atom stereocenters. The number of rotatable bonds is 1. The molecule has 0 saturated heterocycles. The van der Waals surface area contributed by atoms with E-state index in [9.17, 15) is 0 Å². The third-order valence-electron chi connectivity index (χ3n) is 3.05. The van der Waals surface area contributed by atoms with E-state index in [1.165, 1.54) is 22.3 Å². The van der Waals surface area contributed by atoms with E-state index in [0.717, 1.165) is 12.0 Å². The van der Waals surface area contributed by atoms with Crippen molar-refractivity contribution in [3.63, 3.8) is 0 Å². The molecule has 0 aliphatic heterocycles. The van der Waals surface area contributed by atoms with Gasteiger partial charge in [0.15, 0.2) is 0 Å². The van der Waals surface area contributed by atoms with Gasteiger partial charge in [0, 0.05) is 0 Å². The van der Waals surface area contributed by atoms with E-state index in [0.29, 0.717) is 0 Å². The molecule has 0 aromatic heterocycles. The fourth-order valence-electron chi connectivity index (χ4n) is 2.26. The van der Waals surface area contributed by atoms with Crippen LogP contribution in [0.1, 0.15) is 25.0 Å².